The topological polar surface area (TPSA) is 86.2 Å². The fourth-order valence-electron chi connectivity index (χ4n) is 2.23. The van der Waals surface area contributed by atoms with Crippen LogP contribution in [0.3, 0.4) is 0 Å². The van der Waals surface area contributed by atoms with Crippen molar-refractivity contribution < 1.29 is 9.53 Å². The van der Waals surface area contributed by atoms with Gasteiger partial charge in [0.25, 0.3) is 0 Å². The highest BCUT2D eigenvalue weighted by atomic mass is 16.5. The average molecular weight is 326 g/mol. The summed E-state index contributed by atoms with van der Waals surface area (Å²) < 4.78 is 5.88. The third-order valence-corrected chi connectivity index (χ3v) is 3.59. The molecule has 0 unspecified atom stereocenters. The lowest BCUT2D eigenvalue weighted by Crippen LogP contribution is -2.40. The van der Waals surface area contributed by atoms with E-state index in [1.165, 1.54) is 0 Å². The first kappa shape index (κ1) is 17.3. The van der Waals surface area contributed by atoms with E-state index in [9.17, 15) is 4.79 Å². The van der Waals surface area contributed by atoms with Crippen molar-refractivity contribution >= 4 is 17.7 Å². The first-order valence-electron chi connectivity index (χ1n) is 7.62. The van der Waals surface area contributed by atoms with E-state index in [1.807, 2.05) is 56.3 Å². The van der Waals surface area contributed by atoms with Crippen LogP contribution in [0.4, 0.5) is 10.5 Å². The zero-order valence-electron chi connectivity index (χ0n) is 14.1. The summed E-state index contributed by atoms with van der Waals surface area (Å²) in [6, 6.07) is 13.2. The number of ether oxygens (including phenoxy) is 1. The van der Waals surface area contributed by atoms with E-state index in [0.717, 1.165) is 16.7 Å². The number of aryl methyl sites for hydroxylation is 1. The summed E-state index contributed by atoms with van der Waals surface area (Å²) in [6.45, 7) is 4.26. The molecule has 4 N–H and O–H groups in total. The highest BCUT2D eigenvalue weighted by Gasteiger charge is 2.12. The third kappa shape index (κ3) is 4.49. The molecule has 0 aliphatic rings. The normalized spacial score (nSPS) is 9.96. The van der Waals surface area contributed by atoms with Gasteiger partial charge in [-0.2, -0.15) is 0 Å². The first-order chi connectivity index (χ1) is 11.5. The van der Waals surface area contributed by atoms with Gasteiger partial charge in [-0.25, -0.2) is 4.79 Å². The van der Waals surface area contributed by atoms with E-state index < -0.39 is 6.03 Å². The van der Waals surface area contributed by atoms with Gasteiger partial charge in [-0.05, 0) is 31.0 Å². The molecule has 0 heterocycles. The van der Waals surface area contributed by atoms with Crippen molar-refractivity contribution in [1.29, 1.82) is 5.41 Å². The standard InChI is InChI=1S/C18H22N4O2/c1-12-9-10-15(24-11-14-7-5-4-6-8-14)13(2)16(12)21-18(23)22-17(19)20-3/h4-10H,11H2,1-3H3,(H4,19,20,21,22,23). The van der Waals surface area contributed by atoms with Crippen LogP contribution in [0.1, 0.15) is 16.7 Å². The lowest BCUT2D eigenvalue weighted by molar-refractivity contribution is 0.256. The van der Waals surface area contributed by atoms with Crippen LogP contribution in [0.15, 0.2) is 42.5 Å². The molecule has 0 spiro atoms. The monoisotopic (exact) mass is 326 g/mol. The van der Waals surface area contributed by atoms with Gasteiger partial charge in [0.15, 0.2) is 5.96 Å². The molecule has 0 aliphatic heterocycles. The Morgan fingerprint density at radius 1 is 1.12 bits per heavy atom. The van der Waals surface area contributed by atoms with Gasteiger partial charge in [0.05, 0.1) is 5.69 Å². The van der Waals surface area contributed by atoms with Gasteiger partial charge >= 0.3 is 6.03 Å². The number of amides is 2. The molecule has 2 amide bonds. The van der Waals surface area contributed by atoms with E-state index in [1.54, 1.807) is 7.05 Å². The molecule has 6 nitrogen and oxygen atoms in total. The predicted molar refractivity (Wildman–Crippen MR) is 95.6 cm³/mol. The third-order valence-electron chi connectivity index (χ3n) is 3.59. The quantitative estimate of drug-likeness (QED) is 0.514. The lowest BCUT2D eigenvalue weighted by Gasteiger charge is -2.16. The van der Waals surface area contributed by atoms with Crippen LogP contribution in [0.25, 0.3) is 0 Å². The first-order valence-corrected chi connectivity index (χ1v) is 7.62. The molecule has 2 aromatic rings. The summed E-state index contributed by atoms with van der Waals surface area (Å²) in [6.07, 6.45) is 0. The molecule has 0 radical (unpaired) electrons. The summed E-state index contributed by atoms with van der Waals surface area (Å²) in [7, 11) is 1.57. The molecule has 24 heavy (non-hydrogen) atoms. The molecule has 0 saturated heterocycles. The molecule has 6 heteroatoms. The Morgan fingerprint density at radius 3 is 2.50 bits per heavy atom. The lowest BCUT2D eigenvalue weighted by atomic mass is 10.1. The van der Waals surface area contributed by atoms with Gasteiger partial charge in [-0.1, -0.05) is 36.4 Å². The molecule has 0 aliphatic carbocycles. The number of hydrogen-bond acceptors (Lipinski definition) is 3. The molecular weight excluding hydrogens is 304 g/mol. The molecule has 0 aromatic heterocycles. The van der Waals surface area contributed by atoms with Crippen LogP contribution in [0, 0.1) is 19.3 Å². The van der Waals surface area contributed by atoms with Crippen molar-refractivity contribution in [3.8, 4) is 5.75 Å². The zero-order chi connectivity index (χ0) is 17.5. The second kappa shape index (κ2) is 8.01. The number of anilines is 1. The van der Waals surface area contributed by atoms with Gasteiger partial charge in [0.2, 0.25) is 0 Å². The number of carbonyl (C=O) groups excluding carboxylic acids is 1. The number of benzene rings is 2. The Labute approximate surface area is 141 Å². The molecule has 2 rings (SSSR count). The summed E-state index contributed by atoms with van der Waals surface area (Å²) in [5.74, 6) is 0.641. The maximum Gasteiger partial charge on any atom is 0.326 e. The molecule has 126 valence electrons. The Hall–Kier alpha value is -3.02. The van der Waals surface area contributed by atoms with Gasteiger partial charge < -0.3 is 15.4 Å². The number of nitrogens with one attached hydrogen (secondary N) is 4. The minimum atomic E-state index is -0.472. The van der Waals surface area contributed by atoms with Gasteiger partial charge in [-0.3, -0.25) is 10.7 Å². The predicted octanol–water partition coefficient (Wildman–Crippen LogP) is 3.16. The van der Waals surface area contributed by atoms with Crippen LogP contribution in [0.2, 0.25) is 0 Å². The Bertz CT molecular complexity index is 729. The Morgan fingerprint density at radius 2 is 1.83 bits per heavy atom. The van der Waals surface area contributed by atoms with Gasteiger partial charge in [0, 0.05) is 12.6 Å². The molecular formula is C18H22N4O2. The summed E-state index contributed by atoms with van der Waals surface area (Å²) >= 11 is 0. The highest BCUT2D eigenvalue weighted by molar-refractivity contribution is 6.02. The minimum Gasteiger partial charge on any atom is -0.489 e. The molecule has 0 bridgehead atoms. The summed E-state index contributed by atoms with van der Waals surface area (Å²) in [5.41, 5.74) is 3.52. The fourth-order valence-corrected chi connectivity index (χ4v) is 2.23. The molecule has 0 fully saturated rings. The van der Waals surface area contributed by atoms with Crippen molar-refractivity contribution in [1.82, 2.24) is 10.6 Å². The van der Waals surface area contributed by atoms with E-state index >= 15 is 0 Å². The van der Waals surface area contributed by atoms with Gasteiger partial charge in [0.1, 0.15) is 12.4 Å². The number of guanidine groups is 1. The summed E-state index contributed by atoms with van der Waals surface area (Å²) in [5, 5.41) is 15.1. The Kier molecular flexibility index (Phi) is 5.78. The Balaban J connectivity index is 2.11. The van der Waals surface area contributed by atoms with E-state index in [-0.39, 0.29) is 5.96 Å². The number of hydrogen-bond donors (Lipinski definition) is 4. The summed E-state index contributed by atoms with van der Waals surface area (Å²) in [4.78, 5) is 11.9. The SMILES string of the molecule is CNC(=N)NC(=O)Nc1c(C)ccc(OCc2ccccc2)c1C. The van der Waals surface area contributed by atoms with Crippen LogP contribution in [-0.2, 0) is 6.61 Å². The number of urea groups is 1. The van der Waals surface area contributed by atoms with Crippen LogP contribution in [-0.4, -0.2) is 19.0 Å². The van der Waals surface area contributed by atoms with Crippen LogP contribution in [0.5, 0.6) is 5.75 Å². The molecule has 0 atom stereocenters. The van der Waals surface area contributed by atoms with E-state index in [2.05, 4.69) is 16.0 Å². The second-order valence-corrected chi connectivity index (χ2v) is 5.36. The van der Waals surface area contributed by atoms with Crippen LogP contribution >= 0.6 is 0 Å². The van der Waals surface area contributed by atoms with Crippen molar-refractivity contribution in [2.75, 3.05) is 12.4 Å². The van der Waals surface area contributed by atoms with Crippen LogP contribution < -0.4 is 20.7 Å². The number of rotatable bonds is 4. The van der Waals surface area contributed by atoms with E-state index in [0.29, 0.717) is 18.0 Å². The average Bonchev–Trinajstić information content (AvgIpc) is 2.58. The molecule has 0 saturated carbocycles. The number of carbonyl (C=O) groups is 1. The fraction of sp³-hybridized carbons (Fsp3) is 0.222. The largest absolute Gasteiger partial charge is 0.489 e. The minimum absolute atomic E-state index is 0.0701. The van der Waals surface area contributed by atoms with Crippen molar-refractivity contribution in [2.45, 2.75) is 20.5 Å². The second-order valence-electron chi connectivity index (χ2n) is 5.36. The van der Waals surface area contributed by atoms with Gasteiger partial charge in [-0.15, -0.1) is 0 Å². The van der Waals surface area contributed by atoms with Crippen molar-refractivity contribution in [3.05, 3.63) is 59.2 Å². The highest BCUT2D eigenvalue weighted by Crippen LogP contribution is 2.29. The maximum atomic E-state index is 11.9. The smallest absolute Gasteiger partial charge is 0.326 e. The maximum absolute atomic E-state index is 11.9. The van der Waals surface area contributed by atoms with Crippen molar-refractivity contribution in [2.24, 2.45) is 0 Å². The van der Waals surface area contributed by atoms with E-state index in [4.69, 9.17) is 10.1 Å². The molecule has 2 aromatic carbocycles. The van der Waals surface area contributed by atoms with Crippen molar-refractivity contribution in [3.63, 3.8) is 0 Å². The zero-order valence-corrected chi connectivity index (χ0v) is 14.1.